The summed E-state index contributed by atoms with van der Waals surface area (Å²) in [7, 11) is 1.59. The average Bonchev–Trinajstić information content (AvgIpc) is 2.88. The van der Waals surface area contributed by atoms with Gasteiger partial charge in [-0.05, 0) is 13.8 Å². The maximum atomic E-state index is 12.2. The number of imide groups is 1. The number of hydrogen-bond donors (Lipinski definition) is 1. The summed E-state index contributed by atoms with van der Waals surface area (Å²) < 4.78 is 4.90. The number of hydrogen-bond acceptors (Lipinski definition) is 7. The highest BCUT2D eigenvalue weighted by atomic mass is 32.2. The van der Waals surface area contributed by atoms with Crippen molar-refractivity contribution in [1.29, 1.82) is 0 Å². The number of likely N-dealkylation sites (N-methyl/N-ethyl adjacent to an activating group) is 1. The van der Waals surface area contributed by atoms with Crippen LogP contribution < -0.4 is 5.32 Å². The predicted molar refractivity (Wildman–Crippen MR) is 86.9 cm³/mol. The molecule has 8 nitrogen and oxygen atoms in total. The van der Waals surface area contributed by atoms with E-state index in [2.05, 4.69) is 10.3 Å². The second-order valence-corrected chi connectivity index (χ2v) is 5.93. The monoisotopic (exact) mass is 340 g/mol. The van der Waals surface area contributed by atoms with Crippen molar-refractivity contribution in [2.45, 2.75) is 26.1 Å². The molecule has 23 heavy (non-hydrogen) atoms. The van der Waals surface area contributed by atoms with E-state index in [-0.39, 0.29) is 17.6 Å². The third kappa shape index (κ3) is 3.66. The molecular weight excluding hydrogens is 320 g/mol. The summed E-state index contributed by atoms with van der Waals surface area (Å²) in [5, 5.41) is 2.88. The zero-order valence-electron chi connectivity index (χ0n) is 13.3. The lowest BCUT2D eigenvalue weighted by Gasteiger charge is -2.35. The summed E-state index contributed by atoms with van der Waals surface area (Å²) in [4.78, 5) is 43.1. The summed E-state index contributed by atoms with van der Waals surface area (Å²) in [5.74, 6) is -0.606. The molecule has 1 N–H and O–H groups in total. The zero-order valence-corrected chi connectivity index (χ0v) is 14.1. The molecule has 0 aromatic rings. The van der Waals surface area contributed by atoms with E-state index >= 15 is 0 Å². The van der Waals surface area contributed by atoms with Crippen LogP contribution in [0, 0.1) is 0 Å². The van der Waals surface area contributed by atoms with Crippen LogP contribution in [0.25, 0.3) is 0 Å². The number of nitrogens with one attached hydrogen (secondary N) is 1. The van der Waals surface area contributed by atoms with Crippen LogP contribution >= 0.6 is 11.8 Å². The smallest absolute Gasteiger partial charge is 0.325 e. The molecule has 2 rings (SSSR count). The van der Waals surface area contributed by atoms with E-state index in [1.807, 2.05) is 19.1 Å². The first kappa shape index (κ1) is 17.3. The van der Waals surface area contributed by atoms with Gasteiger partial charge < -0.3 is 14.5 Å². The van der Waals surface area contributed by atoms with E-state index in [1.54, 1.807) is 18.9 Å². The molecule has 2 heterocycles. The van der Waals surface area contributed by atoms with E-state index in [9.17, 15) is 14.4 Å². The van der Waals surface area contributed by atoms with Gasteiger partial charge in [-0.2, -0.15) is 0 Å². The van der Waals surface area contributed by atoms with Crippen molar-refractivity contribution in [1.82, 2.24) is 15.1 Å². The minimum absolute atomic E-state index is 0.109. The van der Waals surface area contributed by atoms with Crippen molar-refractivity contribution in [3.05, 3.63) is 12.2 Å². The van der Waals surface area contributed by atoms with Gasteiger partial charge >= 0.3 is 12.0 Å². The van der Waals surface area contributed by atoms with Crippen molar-refractivity contribution < 1.29 is 19.1 Å². The molecule has 0 radical (unpaired) electrons. The molecule has 1 saturated heterocycles. The van der Waals surface area contributed by atoms with Gasteiger partial charge in [0.2, 0.25) is 0 Å². The van der Waals surface area contributed by atoms with Crippen molar-refractivity contribution in [3.8, 4) is 0 Å². The highest BCUT2D eigenvalue weighted by molar-refractivity contribution is 8.14. The van der Waals surface area contributed by atoms with Gasteiger partial charge in [0.25, 0.3) is 5.91 Å². The molecule has 2 atom stereocenters. The molecule has 2 aliphatic heterocycles. The molecule has 2 unspecified atom stereocenters. The topological polar surface area (TPSA) is 91.3 Å². The fraction of sp³-hybridized carbons (Fsp3) is 0.571. The van der Waals surface area contributed by atoms with Gasteiger partial charge in [-0.1, -0.05) is 23.9 Å². The number of esters is 1. The van der Waals surface area contributed by atoms with Crippen molar-refractivity contribution in [2.24, 2.45) is 4.99 Å². The first-order chi connectivity index (χ1) is 11.0. The van der Waals surface area contributed by atoms with Crippen molar-refractivity contribution >= 4 is 34.8 Å². The molecule has 1 fully saturated rings. The molecule has 0 aromatic heterocycles. The second kappa shape index (κ2) is 7.49. The van der Waals surface area contributed by atoms with Gasteiger partial charge in [-0.3, -0.25) is 14.9 Å². The molecule has 126 valence electrons. The molecule has 0 aromatic carbocycles. The van der Waals surface area contributed by atoms with Gasteiger partial charge in [0.05, 0.1) is 12.4 Å². The summed E-state index contributed by atoms with van der Waals surface area (Å²) in [6, 6.07) is -1.05. The van der Waals surface area contributed by atoms with Crippen LogP contribution in [-0.4, -0.2) is 71.0 Å². The maximum Gasteiger partial charge on any atom is 0.325 e. The number of allylic oxidation sites excluding steroid dienone is 1. The predicted octanol–water partition coefficient (Wildman–Crippen LogP) is 0.407. The molecule has 2 aliphatic rings. The molecule has 9 heteroatoms. The number of fused-ring (bicyclic) bond motifs is 1. The Morgan fingerprint density at radius 2 is 2.22 bits per heavy atom. The standard InChI is InChI=1S/C14H20N4O4S/c1-4-6-7-18-10-11(17(3)13(21)16-12(10)20)15-14(18)23-8-9(19)22-5-2/h4,6,10-11H,5,7-8H2,1-3H3,(H,16,20,21)/b6-4+. The van der Waals surface area contributed by atoms with Crippen molar-refractivity contribution in [2.75, 3.05) is 26.0 Å². The Labute approximate surface area is 138 Å². The Kier molecular flexibility index (Phi) is 5.64. The Balaban J connectivity index is 2.18. The number of aliphatic imine (C=N–C) groups is 1. The zero-order chi connectivity index (χ0) is 17.0. The number of carbonyl (C=O) groups is 3. The van der Waals surface area contributed by atoms with Gasteiger partial charge in [0.15, 0.2) is 17.4 Å². The van der Waals surface area contributed by atoms with Crippen LogP contribution in [0.4, 0.5) is 4.79 Å². The van der Waals surface area contributed by atoms with E-state index in [0.29, 0.717) is 18.3 Å². The fourth-order valence-corrected chi connectivity index (χ4v) is 3.22. The Hall–Kier alpha value is -2.03. The number of urea groups is 1. The Morgan fingerprint density at radius 3 is 2.87 bits per heavy atom. The molecule has 0 saturated carbocycles. The SMILES string of the molecule is C/C=C/CN1C(SCC(=O)OCC)=NC2C1C(=O)NC(=O)N2C. The number of amidine groups is 1. The highest BCUT2D eigenvalue weighted by Crippen LogP contribution is 2.28. The first-order valence-corrected chi connectivity index (χ1v) is 8.29. The summed E-state index contributed by atoms with van der Waals surface area (Å²) >= 11 is 1.21. The molecular formula is C14H20N4O4S. The molecule has 0 bridgehead atoms. The lowest BCUT2D eigenvalue weighted by Crippen LogP contribution is -2.63. The van der Waals surface area contributed by atoms with Gasteiger partial charge in [0, 0.05) is 13.6 Å². The Bertz CT molecular complexity index is 563. The normalized spacial score (nSPS) is 23.9. The number of carbonyl (C=O) groups excluding carboxylic acids is 3. The molecule has 0 aliphatic carbocycles. The van der Waals surface area contributed by atoms with Crippen LogP contribution in [0.3, 0.4) is 0 Å². The van der Waals surface area contributed by atoms with Gasteiger partial charge in [-0.25, -0.2) is 9.79 Å². The number of thioether (sulfide) groups is 1. The number of rotatable bonds is 5. The van der Waals surface area contributed by atoms with Crippen LogP contribution in [-0.2, 0) is 14.3 Å². The lowest BCUT2D eigenvalue weighted by molar-refractivity contribution is -0.139. The maximum absolute atomic E-state index is 12.2. The summed E-state index contributed by atoms with van der Waals surface area (Å²) in [5.41, 5.74) is 0. The highest BCUT2D eigenvalue weighted by Gasteiger charge is 2.48. The molecule has 0 spiro atoms. The number of nitrogens with zero attached hydrogens (tertiary/aromatic N) is 3. The summed E-state index contributed by atoms with van der Waals surface area (Å²) in [6.07, 6.45) is 3.19. The van der Waals surface area contributed by atoms with Crippen molar-refractivity contribution in [3.63, 3.8) is 0 Å². The van der Waals surface area contributed by atoms with E-state index in [1.165, 1.54) is 16.7 Å². The minimum Gasteiger partial charge on any atom is -0.465 e. The third-order valence-corrected chi connectivity index (χ3v) is 4.46. The van der Waals surface area contributed by atoms with Gasteiger partial charge in [-0.15, -0.1) is 0 Å². The van der Waals surface area contributed by atoms with Crippen LogP contribution in [0.2, 0.25) is 0 Å². The first-order valence-electron chi connectivity index (χ1n) is 7.31. The largest absolute Gasteiger partial charge is 0.465 e. The number of amides is 3. The minimum atomic E-state index is -0.585. The summed E-state index contributed by atoms with van der Waals surface area (Å²) in [6.45, 7) is 4.42. The van der Waals surface area contributed by atoms with Crippen LogP contribution in [0.1, 0.15) is 13.8 Å². The van der Waals surface area contributed by atoms with E-state index in [0.717, 1.165) is 0 Å². The fourth-order valence-electron chi connectivity index (χ4n) is 2.36. The average molecular weight is 340 g/mol. The second-order valence-electron chi connectivity index (χ2n) is 4.99. The van der Waals surface area contributed by atoms with Crippen LogP contribution in [0.5, 0.6) is 0 Å². The Morgan fingerprint density at radius 1 is 1.48 bits per heavy atom. The third-order valence-electron chi connectivity index (χ3n) is 3.48. The number of ether oxygens (including phenoxy) is 1. The lowest BCUT2D eigenvalue weighted by atomic mass is 10.1. The van der Waals surface area contributed by atoms with Crippen LogP contribution in [0.15, 0.2) is 17.1 Å². The molecule has 3 amide bonds. The van der Waals surface area contributed by atoms with E-state index in [4.69, 9.17) is 4.74 Å². The van der Waals surface area contributed by atoms with E-state index < -0.39 is 18.2 Å². The quantitative estimate of drug-likeness (QED) is 0.576. The van der Waals surface area contributed by atoms with Gasteiger partial charge in [0.1, 0.15) is 0 Å².